The predicted molar refractivity (Wildman–Crippen MR) is 56.7 cm³/mol. The Hall–Kier alpha value is -1.92. The van der Waals surface area contributed by atoms with E-state index in [9.17, 15) is 19.2 Å². The number of ketones is 1. The van der Waals surface area contributed by atoms with Crippen molar-refractivity contribution in [2.75, 3.05) is 0 Å². The predicted octanol–water partition coefficient (Wildman–Crippen LogP) is 0.766. The second kappa shape index (κ2) is 10.6. The zero-order chi connectivity index (χ0) is 13.8. The molecule has 3 N–H and O–H groups in total. The summed E-state index contributed by atoms with van der Waals surface area (Å²) in [6.07, 6.45) is 0.348. The number of hydrogen-bond acceptors (Lipinski definition) is 4. The lowest BCUT2D eigenvalue weighted by atomic mass is 10.2. The summed E-state index contributed by atoms with van der Waals surface area (Å²) in [4.78, 5) is 39.4. The van der Waals surface area contributed by atoms with Gasteiger partial charge >= 0.3 is 17.9 Å². The molecule has 0 atom stereocenters. The lowest BCUT2D eigenvalue weighted by Crippen LogP contribution is -2.00. The highest BCUT2D eigenvalue weighted by Gasteiger charge is 2.00. The minimum Gasteiger partial charge on any atom is -0.481 e. The maximum absolute atomic E-state index is 10.2. The molecule has 0 aromatic rings. The van der Waals surface area contributed by atoms with Crippen molar-refractivity contribution in [3.8, 4) is 0 Å². The van der Waals surface area contributed by atoms with Gasteiger partial charge in [-0.05, 0) is 13.3 Å². The van der Waals surface area contributed by atoms with Gasteiger partial charge in [0.05, 0.1) is 12.8 Å². The lowest BCUT2D eigenvalue weighted by molar-refractivity contribution is -0.143. The van der Waals surface area contributed by atoms with E-state index in [1.807, 2.05) is 0 Å². The highest BCUT2D eigenvalue weighted by atomic mass is 16.4. The topological polar surface area (TPSA) is 129 Å². The van der Waals surface area contributed by atoms with Gasteiger partial charge in [-0.25, -0.2) is 0 Å². The Morgan fingerprint density at radius 3 is 1.29 bits per heavy atom. The first-order valence-corrected chi connectivity index (χ1v) is 4.90. The Bertz CT molecular complexity index is 254. The quantitative estimate of drug-likeness (QED) is 0.606. The van der Waals surface area contributed by atoms with Crippen LogP contribution in [0.25, 0.3) is 0 Å². The average Bonchev–Trinajstić information content (AvgIpc) is 2.14. The molecular weight excluding hydrogens is 232 g/mol. The zero-order valence-corrected chi connectivity index (χ0v) is 9.51. The van der Waals surface area contributed by atoms with Crippen molar-refractivity contribution in [1.82, 2.24) is 0 Å². The van der Waals surface area contributed by atoms with E-state index < -0.39 is 17.9 Å². The molecule has 0 rings (SSSR count). The first-order valence-electron chi connectivity index (χ1n) is 4.90. The van der Waals surface area contributed by atoms with Gasteiger partial charge in [0.1, 0.15) is 5.78 Å². The van der Waals surface area contributed by atoms with Gasteiger partial charge in [0.25, 0.3) is 0 Å². The Kier molecular flexibility index (Phi) is 10.9. The summed E-state index contributed by atoms with van der Waals surface area (Å²) >= 11 is 0. The van der Waals surface area contributed by atoms with E-state index in [0.29, 0.717) is 12.8 Å². The van der Waals surface area contributed by atoms with E-state index in [-0.39, 0.29) is 25.0 Å². The Balaban J connectivity index is 0. The molecule has 7 heteroatoms. The van der Waals surface area contributed by atoms with E-state index in [1.54, 1.807) is 0 Å². The van der Waals surface area contributed by atoms with Crippen molar-refractivity contribution in [3.05, 3.63) is 0 Å². The first kappa shape index (κ1) is 17.5. The van der Waals surface area contributed by atoms with Crippen LogP contribution in [0.15, 0.2) is 0 Å². The fraction of sp³-hybridized carbons (Fsp3) is 0.600. The van der Waals surface area contributed by atoms with Crippen molar-refractivity contribution >= 4 is 23.7 Å². The molecule has 0 radical (unpaired) electrons. The van der Waals surface area contributed by atoms with Gasteiger partial charge in [0.2, 0.25) is 0 Å². The SMILES string of the molecule is CC(=O)CCCC(=O)O.O=C(O)CCC(=O)O. The van der Waals surface area contributed by atoms with Crippen LogP contribution in [0.3, 0.4) is 0 Å². The number of carboxylic acids is 3. The Morgan fingerprint density at radius 2 is 1.06 bits per heavy atom. The summed E-state index contributed by atoms with van der Waals surface area (Å²) < 4.78 is 0. The third kappa shape index (κ3) is 24.9. The van der Waals surface area contributed by atoms with E-state index in [2.05, 4.69) is 0 Å². The molecule has 0 aromatic carbocycles. The molecule has 0 aliphatic heterocycles. The van der Waals surface area contributed by atoms with Crippen LogP contribution in [0.5, 0.6) is 0 Å². The number of carbonyl (C=O) groups is 4. The molecule has 0 spiro atoms. The highest BCUT2D eigenvalue weighted by Crippen LogP contribution is 1.94. The number of hydrogen-bond donors (Lipinski definition) is 3. The number of carbonyl (C=O) groups excluding carboxylic acids is 1. The molecule has 17 heavy (non-hydrogen) atoms. The van der Waals surface area contributed by atoms with Gasteiger partial charge in [0, 0.05) is 12.8 Å². The average molecular weight is 248 g/mol. The molecule has 0 heterocycles. The monoisotopic (exact) mass is 248 g/mol. The van der Waals surface area contributed by atoms with Gasteiger partial charge in [0.15, 0.2) is 0 Å². The fourth-order valence-corrected chi connectivity index (χ4v) is 0.702. The molecule has 0 bridgehead atoms. The summed E-state index contributed by atoms with van der Waals surface area (Å²) in [6.45, 7) is 1.46. The summed E-state index contributed by atoms with van der Waals surface area (Å²) in [5.74, 6) is -2.94. The molecule has 0 saturated carbocycles. The van der Waals surface area contributed by atoms with Crippen LogP contribution in [-0.4, -0.2) is 39.0 Å². The Labute approximate surface area is 98.1 Å². The highest BCUT2D eigenvalue weighted by molar-refractivity contribution is 5.76. The standard InChI is InChI=1S/C6H10O3.C4H6O4/c1-5(7)3-2-4-6(8)9;5-3(6)1-2-4(7)8/h2-4H2,1H3,(H,8,9);1-2H2,(H,5,6)(H,7,8). The summed E-state index contributed by atoms with van der Waals surface area (Å²) in [5, 5.41) is 23.9. The molecule has 0 aromatic heterocycles. The van der Waals surface area contributed by atoms with Gasteiger partial charge in [-0.2, -0.15) is 0 Å². The normalized spacial score (nSPS) is 8.76. The van der Waals surface area contributed by atoms with Crippen molar-refractivity contribution in [1.29, 1.82) is 0 Å². The molecule has 0 amide bonds. The molecular formula is C10H16O7. The van der Waals surface area contributed by atoms with E-state index in [4.69, 9.17) is 15.3 Å². The number of rotatable bonds is 7. The van der Waals surface area contributed by atoms with Crippen LogP contribution in [0, 0.1) is 0 Å². The Morgan fingerprint density at radius 1 is 0.706 bits per heavy atom. The molecule has 0 unspecified atom stereocenters. The second-order valence-corrected chi connectivity index (χ2v) is 3.24. The number of aliphatic carboxylic acids is 3. The minimum atomic E-state index is -1.08. The van der Waals surface area contributed by atoms with E-state index >= 15 is 0 Å². The van der Waals surface area contributed by atoms with Gasteiger partial charge in [-0.1, -0.05) is 0 Å². The molecule has 7 nitrogen and oxygen atoms in total. The number of carboxylic acid groups (broad SMARTS) is 3. The van der Waals surface area contributed by atoms with Crippen molar-refractivity contribution in [2.24, 2.45) is 0 Å². The third-order valence-electron chi connectivity index (χ3n) is 1.47. The summed E-state index contributed by atoms with van der Waals surface area (Å²) in [7, 11) is 0. The smallest absolute Gasteiger partial charge is 0.303 e. The van der Waals surface area contributed by atoms with E-state index in [0.717, 1.165) is 0 Å². The van der Waals surface area contributed by atoms with Gasteiger partial charge in [-0.15, -0.1) is 0 Å². The fourth-order valence-electron chi connectivity index (χ4n) is 0.702. The van der Waals surface area contributed by atoms with Crippen LogP contribution in [0.2, 0.25) is 0 Å². The molecule has 98 valence electrons. The molecule has 0 aliphatic rings. The van der Waals surface area contributed by atoms with Crippen molar-refractivity contribution in [3.63, 3.8) is 0 Å². The lowest BCUT2D eigenvalue weighted by Gasteiger charge is -1.89. The minimum absolute atomic E-state index is 0.0521. The molecule has 0 aliphatic carbocycles. The van der Waals surface area contributed by atoms with Crippen LogP contribution in [0.1, 0.15) is 39.0 Å². The second-order valence-electron chi connectivity index (χ2n) is 3.24. The van der Waals surface area contributed by atoms with Crippen LogP contribution in [0.4, 0.5) is 0 Å². The maximum Gasteiger partial charge on any atom is 0.303 e. The van der Waals surface area contributed by atoms with Crippen molar-refractivity contribution in [2.45, 2.75) is 39.0 Å². The number of Topliss-reactive ketones (excluding diaryl/α,β-unsaturated/α-hetero) is 1. The molecule has 0 fully saturated rings. The summed E-state index contributed by atoms with van der Waals surface area (Å²) in [5.41, 5.74) is 0. The van der Waals surface area contributed by atoms with Crippen LogP contribution < -0.4 is 0 Å². The summed E-state index contributed by atoms with van der Waals surface area (Å²) in [6, 6.07) is 0. The molecule has 0 saturated heterocycles. The zero-order valence-electron chi connectivity index (χ0n) is 9.51. The van der Waals surface area contributed by atoms with Crippen molar-refractivity contribution < 1.29 is 34.5 Å². The maximum atomic E-state index is 10.2. The van der Waals surface area contributed by atoms with Gasteiger partial charge < -0.3 is 20.1 Å². The third-order valence-corrected chi connectivity index (χ3v) is 1.47. The largest absolute Gasteiger partial charge is 0.481 e. The first-order chi connectivity index (χ1) is 7.75. The van der Waals surface area contributed by atoms with E-state index in [1.165, 1.54) is 6.92 Å². The van der Waals surface area contributed by atoms with Crippen LogP contribution >= 0.6 is 0 Å². The van der Waals surface area contributed by atoms with Gasteiger partial charge in [-0.3, -0.25) is 14.4 Å². The van der Waals surface area contributed by atoms with Crippen LogP contribution in [-0.2, 0) is 19.2 Å².